The van der Waals surface area contributed by atoms with E-state index < -0.39 is 0 Å². The first kappa shape index (κ1) is 12.1. The molecule has 1 unspecified atom stereocenters. The lowest BCUT2D eigenvalue weighted by Gasteiger charge is -2.24. The predicted molar refractivity (Wildman–Crippen MR) is 70.3 cm³/mol. The lowest BCUT2D eigenvalue weighted by atomic mass is 10.1. The van der Waals surface area contributed by atoms with Gasteiger partial charge in [0, 0.05) is 25.2 Å². The zero-order valence-electron chi connectivity index (χ0n) is 10.4. The van der Waals surface area contributed by atoms with Crippen LogP contribution in [0.3, 0.4) is 0 Å². The minimum absolute atomic E-state index is 0.484. The molecule has 1 saturated heterocycles. The van der Waals surface area contributed by atoms with E-state index in [-0.39, 0.29) is 0 Å². The standard InChI is InChI=1S/C12H21N5/c1-2-5-14-11-7-12(16-9-15-11)17-10-4-3-6-13-8-10/h7,9-10,13H,2-6,8H2,1H3,(H2,14,15,16,17). The second-order valence-electron chi connectivity index (χ2n) is 4.40. The van der Waals surface area contributed by atoms with E-state index in [0.29, 0.717) is 6.04 Å². The lowest BCUT2D eigenvalue weighted by molar-refractivity contribution is 0.479. The molecule has 5 heteroatoms. The number of aromatic nitrogens is 2. The summed E-state index contributed by atoms with van der Waals surface area (Å²) in [6.07, 6.45) is 5.13. The average Bonchev–Trinajstić information content (AvgIpc) is 2.38. The quantitative estimate of drug-likeness (QED) is 0.721. The molecule has 1 aliphatic rings. The van der Waals surface area contributed by atoms with Crippen molar-refractivity contribution in [2.45, 2.75) is 32.2 Å². The Morgan fingerprint density at radius 3 is 3.06 bits per heavy atom. The van der Waals surface area contributed by atoms with Gasteiger partial charge in [-0.3, -0.25) is 0 Å². The third-order valence-electron chi connectivity index (χ3n) is 2.87. The Kier molecular flexibility index (Phi) is 4.55. The van der Waals surface area contributed by atoms with E-state index in [9.17, 15) is 0 Å². The van der Waals surface area contributed by atoms with Crippen LogP contribution in [0.25, 0.3) is 0 Å². The maximum atomic E-state index is 4.25. The molecule has 94 valence electrons. The number of nitrogens with one attached hydrogen (secondary N) is 3. The van der Waals surface area contributed by atoms with Crippen LogP contribution < -0.4 is 16.0 Å². The first-order chi connectivity index (χ1) is 8.38. The summed E-state index contributed by atoms with van der Waals surface area (Å²) in [5.74, 6) is 1.81. The molecule has 0 aromatic carbocycles. The summed E-state index contributed by atoms with van der Waals surface area (Å²) in [5.41, 5.74) is 0. The zero-order chi connectivity index (χ0) is 11.9. The third-order valence-corrected chi connectivity index (χ3v) is 2.87. The molecule has 17 heavy (non-hydrogen) atoms. The predicted octanol–water partition coefficient (Wildman–Crippen LogP) is 1.46. The van der Waals surface area contributed by atoms with Gasteiger partial charge in [-0.05, 0) is 25.8 Å². The summed E-state index contributed by atoms with van der Waals surface area (Å²) in [4.78, 5) is 8.44. The Morgan fingerprint density at radius 1 is 1.41 bits per heavy atom. The molecule has 0 spiro atoms. The van der Waals surface area contributed by atoms with Gasteiger partial charge >= 0.3 is 0 Å². The summed E-state index contributed by atoms with van der Waals surface area (Å²) in [7, 11) is 0. The molecule has 2 rings (SSSR count). The molecule has 0 radical (unpaired) electrons. The van der Waals surface area contributed by atoms with Gasteiger partial charge in [0.1, 0.15) is 18.0 Å². The van der Waals surface area contributed by atoms with Crippen molar-refractivity contribution in [2.24, 2.45) is 0 Å². The van der Waals surface area contributed by atoms with Crippen LogP contribution in [0, 0.1) is 0 Å². The second kappa shape index (κ2) is 6.39. The maximum Gasteiger partial charge on any atom is 0.131 e. The van der Waals surface area contributed by atoms with Gasteiger partial charge in [0.2, 0.25) is 0 Å². The average molecular weight is 235 g/mol. The molecule has 0 amide bonds. The highest BCUT2D eigenvalue weighted by atomic mass is 15.1. The van der Waals surface area contributed by atoms with Gasteiger partial charge in [-0.2, -0.15) is 0 Å². The summed E-state index contributed by atoms with van der Waals surface area (Å²) < 4.78 is 0. The van der Waals surface area contributed by atoms with E-state index in [1.165, 1.54) is 12.8 Å². The van der Waals surface area contributed by atoms with Crippen LogP contribution in [0.2, 0.25) is 0 Å². The molecule has 0 saturated carbocycles. The molecule has 1 aromatic heterocycles. The minimum atomic E-state index is 0.484. The third kappa shape index (κ3) is 3.85. The number of nitrogens with zero attached hydrogens (tertiary/aromatic N) is 2. The summed E-state index contributed by atoms with van der Waals surface area (Å²) in [6, 6.07) is 2.46. The second-order valence-corrected chi connectivity index (χ2v) is 4.40. The van der Waals surface area contributed by atoms with Crippen molar-refractivity contribution in [1.82, 2.24) is 15.3 Å². The molecule has 1 atom stereocenters. The number of piperidine rings is 1. The maximum absolute atomic E-state index is 4.25. The fourth-order valence-corrected chi connectivity index (χ4v) is 1.97. The van der Waals surface area contributed by atoms with Crippen LogP contribution in [-0.4, -0.2) is 35.6 Å². The lowest BCUT2D eigenvalue weighted by Crippen LogP contribution is -2.38. The fourth-order valence-electron chi connectivity index (χ4n) is 1.97. The fraction of sp³-hybridized carbons (Fsp3) is 0.667. The molecule has 1 fully saturated rings. The highest BCUT2D eigenvalue weighted by Gasteiger charge is 2.12. The van der Waals surface area contributed by atoms with E-state index in [2.05, 4.69) is 32.8 Å². The van der Waals surface area contributed by atoms with Gasteiger partial charge in [0.25, 0.3) is 0 Å². The van der Waals surface area contributed by atoms with Crippen molar-refractivity contribution < 1.29 is 0 Å². The van der Waals surface area contributed by atoms with Crippen molar-refractivity contribution in [3.05, 3.63) is 12.4 Å². The minimum Gasteiger partial charge on any atom is -0.370 e. The van der Waals surface area contributed by atoms with E-state index in [1.54, 1.807) is 6.33 Å². The molecule has 0 bridgehead atoms. The van der Waals surface area contributed by atoms with E-state index in [1.807, 2.05) is 6.07 Å². The highest BCUT2D eigenvalue weighted by molar-refractivity contribution is 5.46. The van der Waals surface area contributed by atoms with Gasteiger partial charge < -0.3 is 16.0 Å². The van der Waals surface area contributed by atoms with E-state index in [4.69, 9.17) is 0 Å². The number of hydrogen-bond donors (Lipinski definition) is 3. The molecular weight excluding hydrogens is 214 g/mol. The zero-order valence-corrected chi connectivity index (χ0v) is 10.4. The Hall–Kier alpha value is -1.36. The van der Waals surface area contributed by atoms with Crippen molar-refractivity contribution in [2.75, 3.05) is 30.3 Å². The SMILES string of the molecule is CCCNc1cc(NC2CCCNC2)ncn1. The molecule has 0 aliphatic carbocycles. The van der Waals surface area contributed by atoms with Crippen molar-refractivity contribution >= 4 is 11.6 Å². The summed E-state index contributed by atoms with van der Waals surface area (Å²) >= 11 is 0. The van der Waals surface area contributed by atoms with Crippen LogP contribution in [-0.2, 0) is 0 Å². The largest absolute Gasteiger partial charge is 0.370 e. The smallest absolute Gasteiger partial charge is 0.131 e. The van der Waals surface area contributed by atoms with Crippen molar-refractivity contribution in [3.63, 3.8) is 0 Å². The highest BCUT2D eigenvalue weighted by Crippen LogP contribution is 2.12. The van der Waals surface area contributed by atoms with Crippen molar-refractivity contribution in [1.29, 1.82) is 0 Å². The Bertz CT molecular complexity index is 335. The first-order valence-electron chi connectivity index (χ1n) is 6.41. The Labute approximate surface area is 102 Å². The van der Waals surface area contributed by atoms with Crippen LogP contribution in [0.5, 0.6) is 0 Å². The van der Waals surface area contributed by atoms with Gasteiger partial charge in [0.15, 0.2) is 0 Å². The van der Waals surface area contributed by atoms with Crippen LogP contribution in [0.15, 0.2) is 12.4 Å². The molecule has 1 aliphatic heterocycles. The number of rotatable bonds is 5. The summed E-state index contributed by atoms with van der Waals surface area (Å²) in [5, 5.41) is 10.1. The van der Waals surface area contributed by atoms with Crippen LogP contribution >= 0.6 is 0 Å². The Morgan fingerprint density at radius 2 is 2.29 bits per heavy atom. The monoisotopic (exact) mass is 235 g/mol. The van der Waals surface area contributed by atoms with Gasteiger partial charge in [-0.1, -0.05) is 6.92 Å². The number of anilines is 2. The molecule has 1 aromatic rings. The van der Waals surface area contributed by atoms with Gasteiger partial charge in [0.05, 0.1) is 0 Å². The first-order valence-corrected chi connectivity index (χ1v) is 6.41. The molecular formula is C12H21N5. The van der Waals surface area contributed by atoms with E-state index in [0.717, 1.165) is 37.7 Å². The normalized spacial score (nSPS) is 19.9. The topological polar surface area (TPSA) is 61.9 Å². The van der Waals surface area contributed by atoms with Crippen molar-refractivity contribution in [3.8, 4) is 0 Å². The van der Waals surface area contributed by atoms with Crippen LogP contribution in [0.1, 0.15) is 26.2 Å². The summed E-state index contributed by atoms with van der Waals surface area (Å²) in [6.45, 7) is 5.23. The van der Waals surface area contributed by atoms with E-state index >= 15 is 0 Å². The van der Waals surface area contributed by atoms with Crippen LogP contribution in [0.4, 0.5) is 11.6 Å². The van der Waals surface area contributed by atoms with Gasteiger partial charge in [-0.25, -0.2) is 9.97 Å². The molecule has 3 N–H and O–H groups in total. The molecule has 5 nitrogen and oxygen atoms in total. The molecule has 2 heterocycles. The number of hydrogen-bond acceptors (Lipinski definition) is 5. The van der Waals surface area contributed by atoms with Gasteiger partial charge in [-0.15, -0.1) is 0 Å². The Balaban J connectivity index is 1.90.